The molecule has 0 aliphatic carbocycles. The van der Waals surface area contributed by atoms with Gasteiger partial charge >= 0.3 is 0 Å². The fraction of sp³-hybridized carbons (Fsp3) is 0.0741. The second-order valence-electron chi connectivity index (χ2n) is 7.15. The zero-order valence-electron chi connectivity index (χ0n) is 16.2. The molecule has 0 saturated heterocycles. The highest BCUT2D eigenvalue weighted by Crippen LogP contribution is 2.35. The lowest BCUT2D eigenvalue weighted by molar-refractivity contribution is 0.0913. The maximum atomic E-state index is 13.2. The van der Waals surface area contributed by atoms with Crippen molar-refractivity contribution in [3.8, 4) is 0 Å². The van der Waals surface area contributed by atoms with Crippen molar-refractivity contribution < 1.29 is 4.79 Å². The molecule has 1 unspecified atom stereocenters. The molecule has 0 bridgehead atoms. The third-order valence-electron chi connectivity index (χ3n) is 5.32. The fourth-order valence-electron chi connectivity index (χ4n) is 3.85. The minimum absolute atomic E-state index is 0.107. The van der Waals surface area contributed by atoms with Crippen molar-refractivity contribution in [2.45, 2.75) is 12.0 Å². The van der Waals surface area contributed by atoms with Crippen LogP contribution in [0, 0.1) is 0 Å². The van der Waals surface area contributed by atoms with Gasteiger partial charge < -0.3 is 5.32 Å². The summed E-state index contributed by atoms with van der Waals surface area (Å²) in [6.45, 7) is 3.99. The van der Waals surface area contributed by atoms with E-state index in [1.165, 1.54) is 5.39 Å². The topological polar surface area (TPSA) is 29.1 Å². The van der Waals surface area contributed by atoms with E-state index in [1.54, 1.807) is 0 Å². The van der Waals surface area contributed by atoms with Crippen LogP contribution in [0.4, 0.5) is 0 Å². The van der Waals surface area contributed by atoms with Crippen molar-refractivity contribution in [2.75, 3.05) is 0 Å². The molecule has 1 atom stereocenters. The van der Waals surface area contributed by atoms with E-state index < -0.39 is 5.54 Å². The molecule has 0 spiro atoms. The van der Waals surface area contributed by atoms with Crippen LogP contribution in [0.5, 0.6) is 0 Å². The number of fused-ring (bicyclic) bond motifs is 1. The Morgan fingerprint density at radius 1 is 0.759 bits per heavy atom. The molecule has 4 rings (SSSR count). The summed E-state index contributed by atoms with van der Waals surface area (Å²) in [5.74, 6) is -0.107. The van der Waals surface area contributed by atoms with Crippen molar-refractivity contribution in [3.05, 3.63) is 132 Å². The third kappa shape index (κ3) is 3.70. The molecule has 1 N–H and O–H groups in total. The summed E-state index contributed by atoms with van der Waals surface area (Å²) >= 11 is 0. The summed E-state index contributed by atoms with van der Waals surface area (Å²) < 4.78 is 0. The lowest BCUT2D eigenvalue weighted by atomic mass is 9.79. The minimum atomic E-state index is -0.708. The van der Waals surface area contributed by atoms with Crippen LogP contribution in [0.15, 0.2) is 116 Å². The molecule has 0 saturated carbocycles. The van der Waals surface area contributed by atoms with Gasteiger partial charge in [0.05, 0.1) is 5.54 Å². The average molecular weight is 377 g/mol. The number of hydrogen-bond acceptors (Lipinski definition) is 1. The van der Waals surface area contributed by atoms with Crippen LogP contribution in [0.25, 0.3) is 10.8 Å². The van der Waals surface area contributed by atoms with Gasteiger partial charge in [-0.3, -0.25) is 4.79 Å². The van der Waals surface area contributed by atoms with Gasteiger partial charge in [-0.15, -0.1) is 6.58 Å². The molecule has 0 aliphatic heterocycles. The van der Waals surface area contributed by atoms with Gasteiger partial charge in [0.2, 0.25) is 0 Å². The molecule has 0 radical (unpaired) electrons. The Hall–Kier alpha value is -3.65. The second kappa shape index (κ2) is 8.15. The van der Waals surface area contributed by atoms with Crippen molar-refractivity contribution in [3.63, 3.8) is 0 Å². The van der Waals surface area contributed by atoms with E-state index in [0.717, 1.165) is 16.5 Å². The van der Waals surface area contributed by atoms with Crippen molar-refractivity contribution in [2.24, 2.45) is 0 Å². The van der Waals surface area contributed by atoms with Crippen molar-refractivity contribution in [1.29, 1.82) is 0 Å². The largest absolute Gasteiger partial charge is 0.338 e. The maximum absolute atomic E-state index is 13.2. The van der Waals surface area contributed by atoms with Gasteiger partial charge in [0, 0.05) is 5.56 Å². The van der Waals surface area contributed by atoms with Crippen LogP contribution < -0.4 is 5.32 Å². The van der Waals surface area contributed by atoms with Crippen molar-refractivity contribution in [1.82, 2.24) is 5.32 Å². The Balaban J connectivity index is 1.89. The van der Waals surface area contributed by atoms with Crippen LogP contribution in [0.3, 0.4) is 0 Å². The second-order valence-corrected chi connectivity index (χ2v) is 7.15. The number of rotatable bonds is 6. The van der Waals surface area contributed by atoms with Crippen LogP contribution in [0.1, 0.15) is 27.9 Å². The van der Waals surface area contributed by atoms with Gasteiger partial charge in [0.1, 0.15) is 0 Å². The number of hydrogen-bond donors (Lipinski definition) is 1. The van der Waals surface area contributed by atoms with Crippen LogP contribution in [-0.2, 0) is 5.54 Å². The zero-order valence-corrected chi connectivity index (χ0v) is 16.2. The molecule has 2 heteroatoms. The first-order valence-electron chi connectivity index (χ1n) is 9.76. The average Bonchev–Trinajstić information content (AvgIpc) is 2.79. The molecule has 142 valence electrons. The van der Waals surface area contributed by atoms with E-state index in [1.807, 2.05) is 66.7 Å². The maximum Gasteiger partial charge on any atom is 0.252 e. The van der Waals surface area contributed by atoms with Gasteiger partial charge in [-0.2, -0.15) is 0 Å². The molecule has 0 fully saturated rings. The highest BCUT2D eigenvalue weighted by Gasteiger charge is 2.35. The number of amides is 1. The summed E-state index contributed by atoms with van der Waals surface area (Å²) in [5.41, 5.74) is 1.99. The summed E-state index contributed by atoms with van der Waals surface area (Å²) in [5, 5.41) is 5.65. The third-order valence-corrected chi connectivity index (χ3v) is 5.32. The Morgan fingerprint density at radius 2 is 1.38 bits per heavy atom. The number of nitrogens with one attached hydrogen (secondary N) is 1. The number of carbonyl (C=O) groups excluding carboxylic acids is 1. The Morgan fingerprint density at radius 3 is 2.07 bits per heavy atom. The van der Waals surface area contributed by atoms with Gasteiger partial charge in [0.25, 0.3) is 5.91 Å². The molecule has 2 nitrogen and oxygen atoms in total. The summed E-state index contributed by atoms with van der Waals surface area (Å²) in [7, 11) is 0. The van der Waals surface area contributed by atoms with E-state index in [0.29, 0.717) is 12.0 Å². The van der Waals surface area contributed by atoms with Gasteiger partial charge in [-0.05, 0) is 46.5 Å². The molecule has 0 aromatic heterocycles. The zero-order chi connectivity index (χ0) is 20.1. The lowest BCUT2D eigenvalue weighted by Crippen LogP contribution is -2.46. The molecule has 29 heavy (non-hydrogen) atoms. The van der Waals surface area contributed by atoms with E-state index in [4.69, 9.17) is 0 Å². The predicted octanol–water partition coefficient (Wildman–Crippen LogP) is 6.09. The summed E-state index contributed by atoms with van der Waals surface area (Å²) in [6, 6.07) is 34.1. The van der Waals surface area contributed by atoms with Crippen LogP contribution >= 0.6 is 0 Å². The van der Waals surface area contributed by atoms with Crippen LogP contribution in [0.2, 0.25) is 0 Å². The SMILES string of the molecule is C=CCC(NC(=O)c1ccccc1)(c1ccccc1)c1ccc2ccccc2c1. The first kappa shape index (κ1) is 18.7. The number of carbonyl (C=O) groups is 1. The summed E-state index contributed by atoms with van der Waals surface area (Å²) in [4.78, 5) is 13.2. The fourth-order valence-corrected chi connectivity index (χ4v) is 3.85. The lowest BCUT2D eigenvalue weighted by Gasteiger charge is -2.35. The highest BCUT2D eigenvalue weighted by molar-refractivity contribution is 5.95. The molecule has 1 amide bonds. The van der Waals surface area contributed by atoms with Gasteiger partial charge in [-0.25, -0.2) is 0 Å². The first-order chi connectivity index (χ1) is 14.2. The Bertz CT molecular complexity index is 1130. The Kier molecular flexibility index (Phi) is 5.26. The smallest absolute Gasteiger partial charge is 0.252 e. The first-order valence-corrected chi connectivity index (χ1v) is 9.76. The molecule has 0 heterocycles. The predicted molar refractivity (Wildman–Crippen MR) is 120 cm³/mol. The standard InChI is InChI=1S/C27H23NO/c1-2-19-27(24-15-7-4-8-16-24,28-26(29)22-12-5-3-6-13-22)25-18-17-21-11-9-10-14-23(21)20-25/h2-18,20H,1,19H2,(H,28,29). The molecule has 4 aromatic carbocycles. The highest BCUT2D eigenvalue weighted by atomic mass is 16.1. The van der Waals surface area contributed by atoms with E-state index in [2.05, 4.69) is 54.4 Å². The number of benzene rings is 4. The molecule has 0 aliphatic rings. The summed E-state index contributed by atoms with van der Waals surface area (Å²) in [6.07, 6.45) is 2.45. The minimum Gasteiger partial charge on any atom is -0.338 e. The van der Waals surface area contributed by atoms with E-state index in [9.17, 15) is 4.79 Å². The molecule has 4 aromatic rings. The van der Waals surface area contributed by atoms with E-state index in [-0.39, 0.29) is 5.91 Å². The van der Waals surface area contributed by atoms with Gasteiger partial charge in [-0.1, -0.05) is 91.0 Å². The molecular formula is C27H23NO. The van der Waals surface area contributed by atoms with Crippen LogP contribution in [-0.4, -0.2) is 5.91 Å². The normalized spacial score (nSPS) is 12.8. The van der Waals surface area contributed by atoms with Crippen molar-refractivity contribution >= 4 is 16.7 Å². The quantitative estimate of drug-likeness (QED) is 0.405. The molecular weight excluding hydrogens is 354 g/mol. The Labute approximate surface area is 171 Å². The van der Waals surface area contributed by atoms with Gasteiger partial charge in [0.15, 0.2) is 0 Å². The van der Waals surface area contributed by atoms with E-state index >= 15 is 0 Å². The monoisotopic (exact) mass is 377 g/mol.